The summed E-state index contributed by atoms with van der Waals surface area (Å²) < 4.78 is 33.6. The Labute approximate surface area is 158 Å². The molecular formula is C19H20N4O3S. The number of hydrogen-bond acceptors (Lipinski definition) is 6. The molecular weight excluding hydrogens is 364 g/mol. The number of benzene rings is 2. The average Bonchev–Trinajstić information content (AvgIpc) is 2.73. The van der Waals surface area contributed by atoms with Crippen LogP contribution in [0.1, 0.15) is 5.82 Å². The number of sulfonamides is 1. The molecule has 27 heavy (non-hydrogen) atoms. The fourth-order valence-corrected chi connectivity index (χ4v) is 4.32. The number of rotatable bonds is 5. The van der Waals surface area contributed by atoms with Crippen LogP contribution in [0.3, 0.4) is 0 Å². The second kappa shape index (κ2) is 7.59. The molecule has 0 amide bonds. The van der Waals surface area contributed by atoms with E-state index in [2.05, 4.69) is 19.6 Å². The number of nitrogens with one attached hydrogen (secondary N) is 1. The summed E-state index contributed by atoms with van der Waals surface area (Å²) in [6, 6.07) is 14.5. The summed E-state index contributed by atoms with van der Waals surface area (Å²) in [4.78, 5) is 11.0. The average molecular weight is 384 g/mol. The van der Waals surface area contributed by atoms with Crippen molar-refractivity contribution < 1.29 is 13.2 Å². The van der Waals surface area contributed by atoms with Crippen LogP contribution >= 0.6 is 0 Å². The Bertz CT molecular complexity index is 1040. The fraction of sp³-hybridized carbons (Fsp3) is 0.263. The highest BCUT2D eigenvalue weighted by Gasteiger charge is 2.18. The molecule has 1 N–H and O–H groups in total. The number of fused-ring (bicyclic) bond motifs is 1. The summed E-state index contributed by atoms with van der Waals surface area (Å²) in [5.41, 5.74) is 0. The van der Waals surface area contributed by atoms with Crippen molar-refractivity contribution in [2.24, 2.45) is 0 Å². The monoisotopic (exact) mass is 384 g/mol. The number of nitrogens with zero attached hydrogens (tertiary/aromatic N) is 3. The van der Waals surface area contributed by atoms with E-state index >= 15 is 0 Å². The van der Waals surface area contributed by atoms with E-state index in [9.17, 15) is 8.42 Å². The van der Waals surface area contributed by atoms with Crippen LogP contribution < -0.4 is 9.62 Å². The van der Waals surface area contributed by atoms with Gasteiger partial charge >= 0.3 is 0 Å². The van der Waals surface area contributed by atoms with Crippen LogP contribution in [0.25, 0.3) is 10.8 Å². The Kier molecular flexibility index (Phi) is 5.02. The maximum Gasteiger partial charge on any atom is 0.241 e. The molecule has 4 rings (SSSR count). The first-order valence-corrected chi connectivity index (χ1v) is 10.2. The van der Waals surface area contributed by atoms with Gasteiger partial charge in [0, 0.05) is 24.7 Å². The molecule has 0 unspecified atom stereocenters. The summed E-state index contributed by atoms with van der Waals surface area (Å²) in [5.74, 6) is 1.22. The van der Waals surface area contributed by atoms with Gasteiger partial charge in [-0.25, -0.2) is 23.1 Å². The van der Waals surface area contributed by atoms with Crippen LogP contribution in [0.4, 0.5) is 5.82 Å². The highest BCUT2D eigenvalue weighted by molar-refractivity contribution is 7.89. The van der Waals surface area contributed by atoms with Crippen LogP contribution in [0.5, 0.6) is 0 Å². The first-order chi connectivity index (χ1) is 13.1. The molecule has 0 spiro atoms. The van der Waals surface area contributed by atoms with Crippen molar-refractivity contribution in [2.45, 2.75) is 11.4 Å². The van der Waals surface area contributed by atoms with E-state index in [0.29, 0.717) is 24.4 Å². The normalized spacial score (nSPS) is 15.2. The third-order valence-corrected chi connectivity index (χ3v) is 5.94. The maximum absolute atomic E-state index is 12.8. The third kappa shape index (κ3) is 3.92. The highest BCUT2D eigenvalue weighted by Crippen LogP contribution is 2.22. The van der Waals surface area contributed by atoms with Crippen molar-refractivity contribution in [3.8, 4) is 0 Å². The Hall–Kier alpha value is -2.55. The van der Waals surface area contributed by atoms with E-state index in [0.717, 1.165) is 24.3 Å². The van der Waals surface area contributed by atoms with Gasteiger partial charge in [0.15, 0.2) is 0 Å². The Morgan fingerprint density at radius 3 is 2.67 bits per heavy atom. The topological polar surface area (TPSA) is 84.4 Å². The van der Waals surface area contributed by atoms with E-state index in [4.69, 9.17) is 4.74 Å². The van der Waals surface area contributed by atoms with Gasteiger partial charge in [-0.05, 0) is 17.5 Å². The van der Waals surface area contributed by atoms with Crippen LogP contribution in [0.2, 0.25) is 0 Å². The molecule has 0 atom stereocenters. The van der Waals surface area contributed by atoms with E-state index in [1.807, 2.05) is 30.3 Å². The fourth-order valence-electron chi connectivity index (χ4n) is 3.11. The summed E-state index contributed by atoms with van der Waals surface area (Å²) in [5, 5.41) is 1.57. The third-order valence-electron chi connectivity index (χ3n) is 4.49. The minimum absolute atomic E-state index is 0.0315. The molecule has 0 aliphatic carbocycles. The lowest BCUT2D eigenvalue weighted by atomic mass is 10.1. The van der Waals surface area contributed by atoms with E-state index < -0.39 is 10.0 Å². The molecule has 1 aliphatic heterocycles. The number of aromatic nitrogens is 2. The SMILES string of the molecule is O=S(=O)(NCc1nccc(N2CCOCC2)n1)c1cccc2ccccc12. The summed E-state index contributed by atoms with van der Waals surface area (Å²) in [6.45, 7) is 2.88. The number of hydrogen-bond donors (Lipinski definition) is 1. The molecule has 3 aromatic rings. The molecule has 1 aromatic heterocycles. The smallest absolute Gasteiger partial charge is 0.241 e. The summed E-state index contributed by atoms with van der Waals surface area (Å²) in [6.07, 6.45) is 1.65. The highest BCUT2D eigenvalue weighted by atomic mass is 32.2. The molecule has 0 bridgehead atoms. The second-order valence-corrected chi connectivity index (χ2v) is 7.97. The minimum Gasteiger partial charge on any atom is -0.378 e. The van der Waals surface area contributed by atoms with Crippen LogP contribution in [-0.4, -0.2) is 44.7 Å². The molecule has 1 fully saturated rings. The van der Waals surface area contributed by atoms with Gasteiger partial charge in [0.2, 0.25) is 10.0 Å². The Balaban J connectivity index is 1.54. The van der Waals surface area contributed by atoms with E-state index in [-0.39, 0.29) is 11.4 Å². The minimum atomic E-state index is -3.69. The molecule has 1 aliphatic rings. The number of ether oxygens (including phenoxy) is 1. The van der Waals surface area contributed by atoms with Crippen molar-refractivity contribution in [3.63, 3.8) is 0 Å². The first kappa shape index (κ1) is 17.8. The molecule has 2 heterocycles. The van der Waals surface area contributed by atoms with Gasteiger partial charge in [0.05, 0.1) is 24.7 Å². The molecule has 0 radical (unpaired) electrons. The molecule has 140 valence electrons. The number of morpholine rings is 1. The van der Waals surface area contributed by atoms with Crippen LogP contribution in [0.15, 0.2) is 59.6 Å². The number of anilines is 1. The second-order valence-electron chi connectivity index (χ2n) is 6.23. The van der Waals surface area contributed by atoms with Crippen molar-refractivity contribution in [1.29, 1.82) is 0 Å². The molecule has 0 saturated carbocycles. The van der Waals surface area contributed by atoms with Gasteiger partial charge in [-0.15, -0.1) is 0 Å². The molecule has 8 heteroatoms. The quantitative estimate of drug-likeness (QED) is 0.724. The van der Waals surface area contributed by atoms with Crippen molar-refractivity contribution in [2.75, 3.05) is 31.2 Å². The van der Waals surface area contributed by atoms with Gasteiger partial charge in [-0.3, -0.25) is 0 Å². The lowest BCUT2D eigenvalue weighted by molar-refractivity contribution is 0.122. The predicted molar refractivity (Wildman–Crippen MR) is 103 cm³/mol. The Morgan fingerprint density at radius 2 is 1.81 bits per heavy atom. The summed E-state index contributed by atoms with van der Waals surface area (Å²) >= 11 is 0. The Morgan fingerprint density at radius 1 is 1.04 bits per heavy atom. The van der Waals surface area contributed by atoms with Gasteiger partial charge in [-0.1, -0.05) is 36.4 Å². The van der Waals surface area contributed by atoms with Gasteiger partial charge in [0.25, 0.3) is 0 Å². The zero-order chi connectivity index (χ0) is 18.7. The van der Waals surface area contributed by atoms with E-state index in [1.54, 1.807) is 24.4 Å². The standard InChI is InChI=1S/C19H20N4O3S/c24-27(25,17-7-3-5-15-4-1-2-6-16(15)17)21-14-18-20-9-8-19(22-18)23-10-12-26-13-11-23/h1-9,21H,10-14H2. The molecule has 1 saturated heterocycles. The maximum atomic E-state index is 12.8. The summed E-state index contributed by atoms with van der Waals surface area (Å²) in [7, 11) is -3.69. The largest absolute Gasteiger partial charge is 0.378 e. The first-order valence-electron chi connectivity index (χ1n) is 8.75. The zero-order valence-corrected chi connectivity index (χ0v) is 15.5. The van der Waals surface area contributed by atoms with Crippen LogP contribution in [0, 0.1) is 0 Å². The van der Waals surface area contributed by atoms with Crippen molar-refractivity contribution >= 4 is 26.6 Å². The van der Waals surface area contributed by atoms with Gasteiger partial charge in [0.1, 0.15) is 11.6 Å². The lowest BCUT2D eigenvalue weighted by Gasteiger charge is -2.27. The van der Waals surface area contributed by atoms with E-state index in [1.165, 1.54) is 0 Å². The molecule has 7 nitrogen and oxygen atoms in total. The van der Waals surface area contributed by atoms with Crippen molar-refractivity contribution in [3.05, 3.63) is 60.6 Å². The van der Waals surface area contributed by atoms with Gasteiger partial charge < -0.3 is 9.64 Å². The zero-order valence-electron chi connectivity index (χ0n) is 14.7. The van der Waals surface area contributed by atoms with Crippen molar-refractivity contribution in [1.82, 2.24) is 14.7 Å². The van der Waals surface area contributed by atoms with Crippen LogP contribution in [-0.2, 0) is 21.3 Å². The lowest BCUT2D eigenvalue weighted by Crippen LogP contribution is -2.37. The predicted octanol–water partition coefficient (Wildman–Crippen LogP) is 1.94. The molecule has 2 aromatic carbocycles. The van der Waals surface area contributed by atoms with Gasteiger partial charge in [-0.2, -0.15) is 0 Å².